The Bertz CT molecular complexity index is 678. The zero-order valence-electron chi connectivity index (χ0n) is 11.2. The molecule has 2 rings (SSSR count). The number of hydrogen-bond acceptors (Lipinski definition) is 4. The molecule has 7 nitrogen and oxygen atoms in total. The molecule has 4 N–H and O–H groups in total. The van der Waals surface area contributed by atoms with Crippen molar-refractivity contribution >= 4 is 28.7 Å². The van der Waals surface area contributed by atoms with Crippen LogP contribution in [0.1, 0.15) is 5.56 Å². The molecule has 0 saturated carbocycles. The van der Waals surface area contributed by atoms with E-state index in [1.807, 2.05) is 30.5 Å². The number of primary amides is 1. The molecular formula is C14H15N3O4. The van der Waals surface area contributed by atoms with Crippen molar-refractivity contribution < 1.29 is 19.1 Å². The molecule has 21 heavy (non-hydrogen) atoms. The third-order valence-corrected chi connectivity index (χ3v) is 2.93. The number of esters is 1. The summed E-state index contributed by atoms with van der Waals surface area (Å²) in [5.41, 5.74) is 6.81. The van der Waals surface area contributed by atoms with E-state index in [2.05, 4.69) is 15.0 Å². The number of hydrogen-bond donors (Lipinski definition) is 3. The average molecular weight is 289 g/mol. The van der Waals surface area contributed by atoms with Gasteiger partial charge in [0.2, 0.25) is 0 Å². The van der Waals surface area contributed by atoms with Crippen LogP contribution in [-0.2, 0) is 25.5 Å². The lowest BCUT2D eigenvalue weighted by Gasteiger charge is -2.05. The Hall–Kier alpha value is -2.83. The zero-order chi connectivity index (χ0) is 15.2. The van der Waals surface area contributed by atoms with E-state index in [1.165, 1.54) is 0 Å². The summed E-state index contributed by atoms with van der Waals surface area (Å²) in [6, 6.07) is 7.86. The van der Waals surface area contributed by atoms with Crippen LogP contribution in [0.15, 0.2) is 30.5 Å². The Morgan fingerprint density at radius 1 is 1.24 bits per heavy atom. The van der Waals surface area contributed by atoms with E-state index in [0.29, 0.717) is 13.0 Å². The topological polar surface area (TPSA) is 114 Å². The maximum atomic E-state index is 11.4. The van der Waals surface area contributed by atoms with Crippen LogP contribution in [0.25, 0.3) is 10.9 Å². The third-order valence-electron chi connectivity index (χ3n) is 2.93. The van der Waals surface area contributed by atoms with Gasteiger partial charge in [0.25, 0.3) is 5.91 Å². The van der Waals surface area contributed by atoms with Crippen molar-refractivity contribution in [2.45, 2.75) is 6.42 Å². The molecule has 1 aromatic heterocycles. The fourth-order valence-corrected chi connectivity index (χ4v) is 1.93. The molecule has 7 heteroatoms. The highest BCUT2D eigenvalue weighted by molar-refractivity contribution is 6.31. The van der Waals surface area contributed by atoms with Crippen molar-refractivity contribution in [1.82, 2.24) is 10.3 Å². The minimum absolute atomic E-state index is 0.398. The van der Waals surface area contributed by atoms with Crippen molar-refractivity contribution in [3.05, 3.63) is 36.0 Å². The van der Waals surface area contributed by atoms with Gasteiger partial charge < -0.3 is 20.8 Å². The van der Waals surface area contributed by atoms with Gasteiger partial charge in [0.05, 0.1) is 0 Å². The van der Waals surface area contributed by atoms with Crippen LogP contribution in [0.3, 0.4) is 0 Å². The molecule has 0 atom stereocenters. The molecule has 0 unspecified atom stereocenters. The van der Waals surface area contributed by atoms with Gasteiger partial charge in [-0.05, 0) is 18.1 Å². The fraction of sp³-hybridized carbons (Fsp3) is 0.214. The Balaban J connectivity index is 1.78. The van der Waals surface area contributed by atoms with E-state index in [4.69, 9.17) is 5.73 Å². The molecule has 0 radical (unpaired) electrons. The number of rotatable bonds is 5. The molecular weight excluding hydrogens is 274 g/mol. The van der Waals surface area contributed by atoms with Crippen molar-refractivity contribution in [2.24, 2.45) is 5.73 Å². The van der Waals surface area contributed by atoms with Crippen LogP contribution >= 0.6 is 0 Å². The molecule has 2 amide bonds. The Morgan fingerprint density at radius 2 is 2.00 bits per heavy atom. The summed E-state index contributed by atoms with van der Waals surface area (Å²) in [6.45, 7) is -0.121. The molecule has 1 aromatic carbocycles. The summed E-state index contributed by atoms with van der Waals surface area (Å²) in [5.74, 6) is -2.92. The van der Waals surface area contributed by atoms with Gasteiger partial charge in [-0.1, -0.05) is 18.2 Å². The minimum Gasteiger partial charge on any atom is -0.448 e. The van der Waals surface area contributed by atoms with Gasteiger partial charge in [-0.3, -0.25) is 9.59 Å². The number of fused-ring (bicyclic) bond motifs is 1. The largest absolute Gasteiger partial charge is 0.448 e. The van der Waals surface area contributed by atoms with Crippen LogP contribution < -0.4 is 11.1 Å². The maximum absolute atomic E-state index is 11.4. The van der Waals surface area contributed by atoms with Crippen LogP contribution in [0.4, 0.5) is 0 Å². The number of amides is 2. The van der Waals surface area contributed by atoms with Crippen LogP contribution in [-0.4, -0.2) is 35.9 Å². The fourth-order valence-electron chi connectivity index (χ4n) is 1.93. The van der Waals surface area contributed by atoms with Gasteiger partial charge in [0.1, 0.15) is 0 Å². The first-order valence-corrected chi connectivity index (χ1v) is 6.36. The molecule has 0 fully saturated rings. The summed E-state index contributed by atoms with van der Waals surface area (Å²) >= 11 is 0. The number of carbonyl (C=O) groups excluding carboxylic acids is 3. The first-order chi connectivity index (χ1) is 10.1. The van der Waals surface area contributed by atoms with E-state index in [1.54, 1.807) is 0 Å². The average Bonchev–Trinajstić information content (AvgIpc) is 2.88. The van der Waals surface area contributed by atoms with Gasteiger partial charge in [-0.15, -0.1) is 0 Å². The first kappa shape index (κ1) is 14.6. The number of nitrogens with one attached hydrogen (secondary N) is 2. The smallest absolute Gasteiger partial charge is 0.397 e. The minimum atomic E-state index is -1.22. The molecule has 0 saturated heterocycles. The monoisotopic (exact) mass is 289 g/mol. The van der Waals surface area contributed by atoms with Crippen molar-refractivity contribution in [2.75, 3.05) is 13.2 Å². The van der Waals surface area contributed by atoms with Crippen LogP contribution in [0, 0.1) is 0 Å². The highest BCUT2D eigenvalue weighted by Crippen LogP contribution is 2.17. The zero-order valence-corrected chi connectivity index (χ0v) is 11.2. The molecule has 2 aromatic rings. The highest BCUT2D eigenvalue weighted by atomic mass is 16.5. The molecule has 0 spiro atoms. The van der Waals surface area contributed by atoms with Crippen molar-refractivity contribution in [3.8, 4) is 0 Å². The quantitative estimate of drug-likeness (QED) is 0.524. The summed E-state index contributed by atoms with van der Waals surface area (Å²) in [6.07, 6.45) is 2.53. The Kier molecular flexibility index (Phi) is 4.55. The summed E-state index contributed by atoms with van der Waals surface area (Å²) < 4.78 is 4.39. The van der Waals surface area contributed by atoms with Gasteiger partial charge >= 0.3 is 11.9 Å². The van der Waals surface area contributed by atoms with E-state index in [-0.39, 0.29) is 0 Å². The normalized spacial score (nSPS) is 10.3. The van der Waals surface area contributed by atoms with Crippen molar-refractivity contribution in [1.29, 1.82) is 0 Å². The molecule has 1 heterocycles. The van der Waals surface area contributed by atoms with E-state index < -0.39 is 24.4 Å². The standard InChI is InChI=1S/C14H15N3O4/c15-13(19)14(20)21-8-12(18)16-6-5-9-7-17-11-4-2-1-3-10(9)11/h1-4,7,17H,5-6,8H2,(H2,15,19)(H,16,18). The number of carbonyl (C=O) groups is 3. The second kappa shape index (κ2) is 6.56. The van der Waals surface area contributed by atoms with Gasteiger partial charge in [-0.25, -0.2) is 4.79 Å². The molecule has 0 aliphatic carbocycles. The maximum Gasteiger partial charge on any atom is 0.397 e. The molecule has 0 bridgehead atoms. The summed E-state index contributed by atoms with van der Waals surface area (Å²) in [4.78, 5) is 35.8. The highest BCUT2D eigenvalue weighted by Gasteiger charge is 2.12. The molecule has 0 aliphatic heterocycles. The number of ether oxygens (including phenoxy) is 1. The predicted molar refractivity (Wildman–Crippen MR) is 75.2 cm³/mol. The third kappa shape index (κ3) is 3.82. The number of benzene rings is 1. The molecule has 110 valence electrons. The van der Waals surface area contributed by atoms with Gasteiger partial charge in [0, 0.05) is 23.6 Å². The number of aromatic nitrogens is 1. The van der Waals surface area contributed by atoms with Gasteiger partial charge in [0.15, 0.2) is 6.61 Å². The Morgan fingerprint density at radius 3 is 2.76 bits per heavy atom. The Labute approximate surface area is 120 Å². The lowest BCUT2D eigenvalue weighted by molar-refractivity contribution is -0.155. The summed E-state index contributed by atoms with van der Waals surface area (Å²) in [7, 11) is 0. The van der Waals surface area contributed by atoms with Crippen LogP contribution in [0.5, 0.6) is 0 Å². The van der Waals surface area contributed by atoms with E-state index in [9.17, 15) is 14.4 Å². The summed E-state index contributed by atoms with van der Waals surface area (Å²) in [5, 5.41) is 3.70. The SMILES string of the molecule is NC(=O)C(=O)OCC(=O)NCCc1c[nH]c2ccccc12. The second-order valence-electron chi connectivity index (χ2n) is 4.40. The lowest BCUT2D eigenvalue weighted by atomic mass is 10.1. The van der Waals surface area contributed by atoms with Crippen molar-refractivity contribution in [3.63, 3.8) is 0 Å². The molecule has 0 aliphatic rings. The number of para-hydroxylation sites is 1. The number of nitrogens with two attached hydrogens (primary N) is 1. The van der Waals surface area contributed by atoms with E-state index >= 15 is 0 Å². The number of aromatic amines is 1. The predicted octanol–water partition coefficient (Wildman–Crippen LogP) is -0.145. The van der Waals surface area contributed by atoms with E-state index in [0.717, 1.165) is 16.5 Å². The number of H-pyrrole nitrogens is 1. The lowest BCUT2D eigenvalue weighted by Crippen LogP contribution is -2.33. The van der Waals surface area contributed by atoms with Gasteiger partial charge in [-0.2, -0.15) is 0 Å². The second-order valence-corrected chi connectivity index (χ2v) is 4.40. The first-order valence-electron chi connectivity index (χ1n) is 6.36. The van der Waals surface area contributed by atoms with Crippen LogP contribution in [0.2, 0.25) is 0 Å².